The van der Waals surface area contributed by atoms with E-state index in [0.717, 1.165) is 25.5 Å². The van der Waals surface area contributed by atoms with Gasteiger partial charge in [0.1, 0.15) is 24.8 Å². The molecule has 18 nitrogen and oxygen atoms in total. The van der Waals surface area contributed by atoms with Crippen molar-refractivity contribution in [2.24, 2.45) is 0 Å². The molecule has 5 fully saturated rings. The van der Waals surface area contributed by atoms with Gasteiger partial charge in [-0.3, -0.25) is 14.5 Å². The second kappa shape index (κ2) is 23.7. The molecule has 0 radical (unpaired) electrons. The van der Waals surface area contributed by atoms with Gasteiger partial charge in [0.05, 0.1) is 71.0 Å². The molecule has 464 valence electrons. The number of likely N-dealkylation sites (N-methyl/N-ethyl adjacent to an activating group) is 1. The second-order valence-corrected chi connectivity index (χ2v) is 23.9. The van der Waals surface area contributed by atoms with Crippen LogP contribution in [0.4, 0.5) is 58.1 Å². The summed E-state index contributed by atoms with van der Waals surface area (Å²) in [5, 5.41) is 3.29. The lowest BCUT2D eigenvalue weighted by Gasteiger charge is -2.42. The van der Waals surface area contributed by atoms with Crippen LogP contribution in [0.1, 0.15) is 120 Å². The number of aromatic nitrogens is 4. The number of amides is 2. The number of rotatable bonds is 14. The van der Waals surface area contributed by atoms with Crippen LogP contribution in [0, 0.1) is 25.5 Å². The molecule has 86 heavy (non-hydrogen) atoms. The maximum atomic E-state index is 17.6. The number of anilines is 4. The van der Waals surface area contributed by atoms with Crippen LogP contribution in [0.3, 0.4) is 0 Å². The molecular formula is C60H72F8N12O6. The molecule has 9 heterocycles. The van der Waals surface area contributed by atoms with Crippen LogP contribution in [0.25, 0.3) is 0 Å². The Morgan fingerprint density at radius 3 is 1.78 bits per heavy atom. The number of halogens is 8. The number of fused-ring (bicyclic) bond motifs is 3. The van der Waals surface area contributed by atoms with E-state index >= 15 is 22.0 Å². The molecule has 3 N–H and O–H groups in total. The maximum absolute atomic E-state index is 17.6. The number of hydrogen-bond acceptors (Lipinski definition) is 16. The minimum absolute atomic E-state index is 0.00514. The second-order valence-electron chi connectivity index (χ2n) is 23.9. The average Bonchev–Trinajstić information content (AvgIpc) is 1.10. The van der Waals surface area contributed by atoms with Crippen LogP contribution < -0.4 is 30.3 Å². The molecule has 0 bridgehead atoms. The van der Waals surface area contributed by atoms with Crippen molar-refractivity contribution >= 4 is 34.8 Å². The van der Waals surface area contributed by atoms with E-state index in [1.54, 1.807) is 9.80 Å². The third kappa shape index (κ3) is 11.5. The van der Waals surface area contributed by atoms with Gasteiger partial charge in [-0.15, -0.1) is 0 Å². The van der Waals surface area contributed by atoms with E-state index < -0.39 is 75.8 Å². The number of nitrogens with zero attached hydrogens (tertiary/aromatic N) is 10. The molecule has 2 aromatic heterocycles. The molecule has 0 saturated carbocycles. The van der Waals surface area contributed by atoms with Gasteiger partial charge in [-0.25, -0.2) is 8.78 Å². The topological polar surface area (TPSA) is 180 Å². The highest BCUT2D eigenvalue weighted by atomic mass is 19.4. The summed E-state index contributed by atoms with van der Waals surface area (Å²) in [6.45, 7) is 16.8. The summed E-state index contributed by atoms with van der Waals surface area (Å²) < 4.78 is 149. The summed E-state index contributed by atoms with van der Waals surface area (Å²) >= 11 is 0. The normalized spacial score (nSPS) is 25.5. The first-order valence-electron chi connectivity index (χ1n) is 29.3. The van der Waals surface area contributed by atoms with Crippen molar-refractivity contribution in [2.75, 3.05) is 93.5 Å². The Balaban J connectivity index is 0.872. The first-order chi connectivity index (χ1) is 40.9. The van der Waals surface area contributed by atoms with E-state index in [2.05, 4.69) is 28.3 Å². The Morgan fingerprint density at radius 2 is 1.27 bits per heavy atom. The van der Waals surface area contributed by atoms with Gasteiger partial charge in [-0.1, -0.05) is 13.2 Å². The zero-order valence-electron chi connectivity index (χ0n) is 48.9. The number of nitrogens with one attached hydrogen (secondary N) is 1. The van der Waals surface area contributed by atoms with Gasteiger partial charge in [-0.2, -0.15) is 46.3 Å². The molecule has 11 rings (SSSR count). The lowest BCUT2D eigenvalue weighted by atomic mass is 9.91. The van der Waals surface area contributed by atoms with Crippen LogP contribution in [0.2, 0.25) is 0 Å². The summed E-state index contributed by atoms with van der Waals surface area (Å²) in [7, 11) is 2.01. The number of aryl methyl sites for hydroxylation is 2. The average molecular weight is 1210 g/mol. The first kappa shape index (κ1) is 60.8. The van der Waals surface area contributed by atoms with Gasteiger partial charge < -0.3 is 54.5 Å². The summed E-state index contributed by atoms with van der Waals surface area (Å²) in [5.74, 6) is -1.97. The predicted molar refractivity (Wildman–Crippen MR) is 302 cm³/mol. The minimum atomic E-state index is -4.98. The van der Waals surface area contributed by atoms with Crippen molar-refractivity contribution in [3.05, 3.63) is 105 Å². The van der Waals surface area contributed by atoms with Crippen LogP contribution in [-0.4, -0.2) is 154 Å². The molecule has 0 spiro atoms. The van der Waals surface area contributed by atoms with Crippen molar-refractivity contribution in [2.45, 2.75) is 147 Å². The molecule has 0 aliphatic carbocycles. The number of hydrogen-bond donors (Lipinski definition) is 2. The van der Waals surface area contributed by atoms with Crippen molar-refractivity contribution in [3.63, 3.8) is 0 Å². The number of alkyl halides is 6. The van der Waals surface area contributed by atoms with Crippen molar-refractivity contribution in [1.82, 2.24) is 39.5 Å². The van der Waals surface area contributed by atoms with Gasteiger partial charge >= 0.3 is 24.4 Å². The highest BCUT2D eigenvalue weighted by Crippen LogP contribution is 2.49. The number of carbonyl (C=O) groups is 2. The lowest BCUT2D eigenvalue weighted by molar-refractivity contribution is -0.141. The standard InChI is InChI=1S/C60H72F8N12O6/c1-8-46(81)76-18-20-78(34(5)26-76)54-37-30-84-44(25-40(37)71-56(73-54)85-28-36-12-10-16-75(36)7)49-51(60(66,67)68)33(4)23-42(53(49)62)70-45-13-15-58(14-11-17-80(45)58)31-86-57-72-41-24-43(48-50(59(63,64)65)32(3)22-39(69)52(48)61)83-29-38(41)55(74-57)79-21-19-77(27-35(79)6)47(82)9-2/h8-9,22-23,34-36,43-45,70H,1-2,10-21,24-31,69H2,3-7H3/t34-,35+,36+,43?,44?,45?,58?/m1/s1. The van der Waals surface area contributed by atoms with E-state index in [-0.39, 0.29) is 104 Å². The van der Waals surface area contributed by atoms with E-state index in [1.807, 2.05) is 30.7 Å². The monoisotopic (exact) mass is 1210 g/mol. The van der Waals surface area contributed by atoms with Crippen molar-refractivity contribution in [1.29, 1.82) is 0 Å². The quantitative estimate of drug-likeness (QED) is 0.0694. The number of nitrogens with two attached hydrogens (primary N) is 1. The Hall–Kier alpha value is -6.90. The zero-order valence-corrected chi connectivity index (χ0v) is 48.9. The zero-order chi connectivity index (χ0) is 61.3. The molecule has 4 unspecified atom stereocenters. The first-order valence-corrected chi connectivity index (χ1v) is 29.3. The number of carbonyl (C=O) groups excluding carboxylic acids is 2. The van der Waals surface area contributed by atoms with Gasteiger partial charge in [0, 0.05) is 99.0 Å². The number of likely N-dealkylation sites (tertiary alicyclic amines) is 1. The molecule has 7 atom stereocenters. The van der Waals surface area contributed by atoms with Gasteiger partial charge in [0.25, 0.3) is 0 Å². The molecular weight excluding hydrogens is 1140 g/mol. The molecule has 7 aliphatic rings. The fourth-order valence-corrected chi connectivity index (χ4v) is 14.2. The van der Waals surface area contributed by atoms with Gasteiger partial charge in [0.2, 0.25) is 11.8 Å². The van der Waals surface area contributed by atoms with Crippen LogP contribution in [-0.2, 0) is 57.5 Å². The largest absolute Gasteiger partial charge is 0.462 e. The number of piperazine rings is 2. The van der Waals surface area contributed by atoms with Gasteiger partial charge in [-0.05, 0) is 115 Å². The highest BCUT2D eigenvalue weighted by Gasteiger charge is 2.51. The van der Waals surface area contributed by atoms with Crippen LogP contribution in [0.5, 0.6) is 12.0 Å². The Morgan fingerprint density at radius 1 is 0.733 bits per heavy atom. The number of nitrogen functional groups attached to an aromatic ring is 1. The van der Waals surface area contributed by atoms with E-state index in [9.17, 15) is 22.8 Å². The fraction of sp³-hybridized carbons (Fsp3) is 0.567. The minimum Gasteiger partial charge on any atom is -0.462 e. The van der Waals surface area contributed by atoms with E-state index in [1.165, 1.54) is 32.1 Å². The highest BCUT2D eigenvalue weighted by molar-refractivity contribution is 5.87. The summed E-state index contributed by atoms with van der Waals surface area (Å²) in [6, 6.07) is 1.60. The molecule has 7 aliphatic heterocycles. The smallest absolute Gasteiger partial charge is 0.417 e. The molecule has 5 saturated heterocycles. The number of benzene rings is 2. The summed E-state index contributed by atoms with van der Waals surface area (Å²) in [6.07, 6.45) is -7.24. The third-order valence-corrected chi connectivity index (χ3v) is 18.5. The third-order valence-electron chi connectivity index (χ3n) is 18.5. The Bertz CT molecular complexity index is 3320. The molecule has 4 aromatic rings. The maximum Gasteiger partial charge on any atom is 0.417 e. The molecule has 2 amide bonds. The van der Waals surface area contributed by atoms with E-state index in [4.69, 9.17) is 44.6 Å². The summed E-state index contributed by atoms with van der Waals surface area (Å²) in [5.41, 5.74) is 2.04. The van der Waals surface area contributed by atoms with Gasteiger partial charge in [0.15, 0.2) is 11.6 Å². The van der Waals surface area contributed by atoms with E-state index in [0.29, 0.717) is 100.0 Å². The predicted octanol–water partition coefficient (Wildman–Crippen LogP) is 8.77. The molecule has 2 aromatic carbocycles. The Labute approximate surface area is 493 Å². The lowest BCUT2D eigenvalue weighted by Crippen LogP contribution is -2.54. The fourth-order valence-electron chi connectivity index (χ4n) is 14.2. The summed E-state index contributed by atoms with van der Waals surface area (Å²) in [4.78, 5) is 56.2. The SMILES string of the molecule is C=CC(=O)N1CCN(c2nc(OC[C@@H]3CCCN3C)nc3c2COC(c2c(F)c(NC4CCC5(COc6nc7c(c(N8CCN(C(=O)C=C)C[C@@H]8C)n6)COC(c6c(F)c(N)cc(C)c6C(F)(F)F)C7)CCCN45)cc(C)c2C(F)(F)F)C3)[C@H](C)C1. The molecule has 26 heteroatoms. The Kier molecular flexibility index (Phi) is 16.7. The number of ether oxygens (including phenoxy) is 4. The van der Waals surface area contributed by atoms with Crippen LogP contribution >= 0.6 is 0 Å². The van der Waals surface area contributed by atoms with Crippen molar-refractivity contribution in [3.8, 4) is 12.0 Å². The van der Waals surface area contributed by atoms with Crippen LogP contribution in [0.15, 0.2) is 37.4 Å². The van der Waals surface area contributed by atoms with Crippen molar-refractivity contribution < 1.29 is 63.7 Å².